The van der Waals surface area contributed by atoms with E-state index < -0.39 is 17.8 Å². The van der Waals surface area contributed by atoms with Gasteiger partial charge in [-0.1, -0.05) is 12.1 Å². The second-order valence-electron chi connectivity index (χ2n) is 3.27. The molecule has 0 heterocycles. The smallest absolute Gasteiger partial charge is 0.322 e. The highest BCUT2D eigenvalue weighted by atomic mass is 19.1. The van der Waals surface area contributed by atoms with Gasteiger partial charge in [-0.25, -0.2) is 4.39 Å². The molecule has 0 saturated heterocycles. The predicted octanol–water partition coefficient (Wildman–Crippen LogP) is 0.877. The molecular weight excluding hydrogens is 213 g/mol. The minimum Gasteiger partial charge on any atom is -0.493 e. The molecule has 1 rings (SSSR count). The lowest BCUT2D eigenvalue weighted by molar-refractivity contribution is -0.142. The molecule has 0 aliphatic heterocycles. The van der Waals surface area contributed by atoms with Gasteiger partial charge in [0.1, 0.15) is 6.04 Å². The van der Waals surface area contributed by atoms with Gasteiger partial charge in [-0.15, -0.1) is 0 Å². The van der Waals surface area contributed by atoms with Crippen LogP contribution in [0.3, 0.4) is 0 Å². The van der Waals surface area contributed by atoms with Crippen molar-refractivity contribution in [2.75, 3.05) is 14.2 Å². The normalized spacial score (nSPS) is 12.0. The third kappa shape index (κ3) is 2.70. The molecule has 0 amide bonds. The van der Waals surface area contributed by atoms with Crippen molar-refractivity contribution >= 4 is 5.97 Å². The van der Waals surface area contributed by atoms with E-state index in [1.54, 1.807) is 6.07 Å². The first kappa shape index (κ1) is 12.4. The van der Waals surface area contributed by atoms with Crippen LogP contribution >= 0.6 is 0 Å². The van der Waals surface area contributed by atoms with E-state index in [1.165, 1.54) is 26.4 Å². The molecular formula is C11H14FNO3. The van der Waals surface area contributed by atoms with Crippen LogP contribution in [0.15, 0.2) is 18.2 Å². The van der Waals surface area contributed by atoms with Crippen molar-refractivity contribution in [3.05, 3.63) is 29.6 Å². The largest absolute Gasteiger partial charge is 0.493 e. The van der Waals surface area contributed by atoms with Crippen molar-refractivity contribution in [2.24, 2.45) is 5.73 Å². The Morgan fingerprint density at radius 3 is 2.75 bits per heavy atom. The molecule has 0 aliphatic rings. The van der Waals surface area contributed by atoms with E-state index in [2.05, 4.69) is 4.74 Å². The van der Waals surface area contributed by atoms with Crippen molar-refractivity contribution in [3.8, 4) is 5.75 Å². The Kier molecular flexibility index (Phi) is 4.25. The number of ether oxygens (including phenoxy) is 2. The van der Waals surface area contributed by atoms with Crippen molar-refractivity contribution in [3.63, 3.8) is 0 Å². The van der Waals surface area contributed by atoms with Gasteiger partial charge in [-0.3, -0.25) is 4.79 Å². The first-order valence-electron chi connectivity index (χ1n) is 4.75. The van der Waals surface area contributed by atoms with E-state index in [1.807, 2.05) is 0 Å². The van der Waals surface area contributed by atoms with E-state index >= 15 is 0 Å². The second-order valence-corrected chi connectivity index (χ2v) is 3.27. The van der Waals surface area contributed by atoms with Gasteiger partial charge in [0.25, 0.3) is 0 Å². The third-order valence-corrected chi connectivity index (χ3v) is 2.20. The lowest BCUT2D eigenvalue weighted by Crippen LogP contribution is -2.33. The molecule has 88 valence electrons. The molecule has 5 heteroatoms. The maximum Gasteiger partial charge on any atom is 0.322 e. The molecule has 1 atom stereocenters. The number of rotatable bonds is 4. The van der Waals surface area contributed by atoms with Gasteiger partial charge in [-0.2, -0.15) is 0 Å². The number of halogens is 1. The van der Waals surface area contributed by atoms with Crippen LogP contribution in [0.25, 0.3) is 0 Å². The molecule has 0 aromatic heterocycles. The van der Waals surface area contributed by atoms with Gasteiger partial charge in [0.05, 0.1) is 14.2 Å². The molecule has 0 bridgehead atoms. The first-order valence-corrected chi connectivity index (χ1v) is 4.75. The molecule has 0 aliphatic carbocycles. The molecule has 0 unspecified atom stereocenters. The lowest BCUT2D eigenvalue weighted by Gasteiger charge is -2.12. The maximum absolute atomic E-state index is 13.3. The Morgan fingerprint density at radius 2 is 2.19 bits per heavy atom. The molecule has 1 aromatic carbocycles. The zero-order valence-electron chi connectivity index (χ0n) is 9.20. The van der Waals surface area contributed by atoms with Crippen molar-refractivity contribution in [2.45, 2.75) is 12.5 Å². The number of methoxy groups -OCH3 is 2. The van der Waals surface area contributed by atoms with Crippen molar-refractivity contribution in [1.82, 2.24) is 0 Å². The number of nitrogens with two attached hydrogens (primary N) is 1. The van der Waals surface area contributed by atoms with Crippen molar-refractivity contribution < 1.29 is 18.7 Å². The summed E-state index contributed by atoms with van der Waals surface area (Å²) >= 11 is 0. The van der Waals surface area contributed by atoms with Crippen LogP contribution in [0, 0.1) is 5.82 Å². The number of hydrogen-bond donors (Lipinski definition) is 1. The van der Waals surface area contributed by atoms with Gasteiger partial charge < -0.3 is 15.2 Å². The van der Waals surface area contributed by atoms with E-state index in [0.717, 1.165) is 0 Å². The monoisotopic (exact) mass is 227 g/mol. The van der Waals surface area contributed by atoms with Crippen LogP contribution in [-0.4, -0.2) is 26.2 Å². The van der Waals surface area contributed by atoms with E-state index in [4.69, 9.17) is 10.5 Å². The molecule has 2 N–H and O–H groups in total. The zero-order valence-corrected chi connectivity index (χ0v) is 9.20. The fourth-order valence-corrected chi connectivity index (χ4v) is 1.41. The summed E-state index contributed by atoms with van der Waals surface area (Å²) in [6.07, 6.45) is 0.174. The second kappa shape index (κ2) is 5.46. The molecule has 0 spiro atoms. The van der Waals surface area contributed by atoms with E-state index in [0.29, 0.717) is 5.56 Å². The number of para-hydroxylation sites is 1. The maximum atomic E-state index is 13.3. The van der Waals surface area contributed by atoms with Crippen LogP contribution in [0.4, 0.5) is 4.39 Å². The van der Waals surface area contributed by atoms with Crippen LogP contribution in [0.1, 0.15) is 5.56 Å². The third-order valence-electron chi connectivity index (χ3n) is 2.20. The molecule has 0 saturated carbocycles. The highest BCUT2D eigenvalue weighted by Crippen LogP contribution is 2.23. The van der Waals surface area contributed by atoms with Crippen LogP contribution in [0.2, 0.25) is 0 Å². The summed E-state index contributed by atoms with van der Waals surface area (Å²) < 4.78 is 22.7. The van der Waals surface area contributed by atoms with Crippen LogP contribution in [0.5, 0.6) is 5.75 Å². The average Bonchev–Trinajstić information content (AvgIpc) is 2.28. The average molecular weight is 227 g/mol. The minimum atomic E-state index is -0.819. The molecule has 16 heavy (non-hydrogen) atoms. The summed E-state index contributed by atoms with van der Waals surface area (Å²) in [5, 5.41) is 0. The minimum absolute atomic E-state index is 0.113. The standard InChI is InChI=1S/C11H14FNO3/c1-15-10-7(4-3-5-8(10)12)6-9(13)11(14)16-2/h3-5,9H,6,13H2,1-2H3/t9-/m1/s1. The molecule has 4 nitrogen and oxygen atoms in total. The van der Waals surface area contributed by atoms with Gasteiger partial charge in [0.15, 0.2) is 11.6 Å². The lowest BCUT2D eigenvalue weighted by atomic mass is 10.1. The summed E-state index contributed by atoms with van der Waals surface area (Å²) in [6.45, 7) is 0. The highest BCUT2D eigenvalue weighted by Gasteiger charge is 2.18. The fraction of sp³-hybridized carbons (Fsp3) is 0.364. The number of esters is 1. The van der Waals surface area contributed by atoms with E-state index in [9.17, 15) is 9.18 Å². The summed E-state index contributed by atoms with van der Waals surface area (Å²) in [7, 11) is 2.62. The summed E-state index contributed by atoms with van der Waals surface area (Å²) in [4.78, 5) is 11.1. The summed E-state index contributed by atoms with van der Waals surface area (Å²) in [5.74, 6) is -0.898. The van der Waals surface area contributed by atoms with Gasteiger partial charge in [0, 0.05) is 6.42 Å². The first-order chi connectivity index (χ1) is 7.60. The number of carbonyl (C=O) groups is 1. The van der Waals surface area contributed by atoms with E-state index in [-0.39, 0.29) is 12.2 Å². The van der Waals surface area contributed by atoms with Crippen LogP contribution < -0.4 is 10.5 Å². The van der Waals surface area contributed by atoms with Gasteiger partial charge >= 0.3 is 5.97 Å². The van der Waals surface area contributed by atoms with Crippen LogP contribution in [-0.2, 0) is 16.0 Å². The zero-order chi connectivity index (χ0) is 12.1. The van der Waals surface area contributed by atoms with Gasteiger partial charge in [0.2, 0.25) is 0 Å². The Bertz CT molecular complexity index is 381. The topological polar surface area (TPSA) is 61.5 Å². The SMILES string of the molecule is COC(=O)[C@H](N)Cc1cccc(F)c1OC. The predicted molar refractivity (Wildman–Crippen MR) is 56.6 cm³/mol. The Balaban J connectivity index is 2.88. The molecule has 1 aromatic rings. The summed E-state index contributed by atoms with van der Waals surface area (Å²) in [6, 6.07) is 3.66. The highest BCUT2D eigenvalue weighted by molar-refractivity contribution is 5.75. The molecule has 0 fully saturated rings. The van der Waals surface area contributed by atoms with Crippen molar-refractivity contribution in [1.29, 1.82) is 0 Å². The Morgan fingerprint density at radius 1 is 1.50 bits per heavy atom. The number of carbonyl (C=O) groups excluding carboxylic acids is 1. The fourth-order valence-electron chi connectivity index (χ4n) is 1.41. The van der Waals surface area contributed by atoms with Gasteiger partial charge in [-0.05, 0) is 11.6 Å². The number of hydrogen-bond acceptors (Lipinski definition) is 4. The molecule has 0 radical (unpaired) electrons. The quantitative estimate of drug-likeness (QED) is 0.775. The summed E-state index contributed by atoms with van der Waals surface area (Å²) in [5.41, 5.74) is 6.12. The number of benzene rings is 1. The Labute approximate surface area is 93.2 Å². The Hall–Kier alpha value is -1.62.